The molecule has 1 aromatic heterocycles. The Balaban J connectivity index is 1.37. The third-order valence-electron chi connectivity index (χ3n) is 4.74. The molecule has 0 saturated carbocycles. The number of carbonyl (C=O) groups is 1. The van der Waals surface area contributed by atoms with E-state index < -0.39 is 0 Å². The lowest BCUT2D eigenvalue weighted by Crippen LogP contribution is -2.23. The molecule has 2 aliphatic carbocycles. The van der Waals surface area contributed by atoms with Gasteiger partial charge in [-0.05, 0) is 67.2 Å². The second-order valence-electron chi connectivity index (χ2n) is 6.54. The predicted octanol–water partition coefficient (Wildman–Crippen LogP) is 4.46. The second-order valence-corrected chi connectivity index (χ2v) is 6.54. The van der Waals surface area contributed by atoms with Crippen LogP contribution in [0.15, 0.2) is 70.1 Å². The lowest BCUT2D eigenvalue weighted by atomic mass is 9.99. The van der Waals surface area contributed by atoms with Crippen molar-refractivity contribution in [1.82, 2.24) is 10.5 Å². The largest absolute Gasteiger partial charge is 0.356 e. The van der Waals surface area contributed by atoms with E-state index in [0.717, 1.165) is 36.1 Å². The molecule has 0 fully saturated rings. The van der Waals surface area contributed by atoms with Gasteiger partial charge in [-0.25, -0.2) is 4.39 Å². The zero-order valence-electron chi connectivity index (χ0n) is 14.3. The summed E-state index contributed by atoms with van der Waals surface area (Å²) in [5.74, 6) is 0.242. The maximum atomic E-state index is 13.1. The van der Waals surface area contributed by atoms with E-state index in [1.165, 1.54) is 23.3 Å². The molecule has 5 heteroatoms. The second kappa shape index (κ2) is 7.12. The van der Waals surface area contributed by atoms with E-state index in [0.29, 0.717) is 18.6 Å². The van der Waals surface area contributed by atoms with Crippen molar-refractivity contribution in [2.75, 3.05) is 0 Å². The fraction of sp³-hybridized carbons (Fsp3) is 0.238. The van der Waals surface area contributed by atoms with Crippen molar-refractivity contribution in [2.45, 2.75) is 32.1 Å². The molecule has 4 rings (SSSR count). The molecule has 0 saturated heterocycles. The molecule has 0 atom stereocenters. The summed E-state index contributed by atoms with van der Waals surface area (Å²) in [5, 5.41) is 6.80. The van der Waals surface area contributed by atoms with Crippen LogP contribution in [-0.2, 0) is 11.2 Å². The van der Waals surface area contributed by atoms with Gasteiger partial charge >= 0.3 is 0 Å². The summed E-state index contributed by atoms with van der Waals surface area (Å²) in [6, 6.07) is 6.04. The molecule has 2 aliphatic rings. The number of fused-ring (bicyclic) bond motifs is 1. The van der Waals surface area contributed by atoms with E-state index in [1.807, 2.05) is 0 Å². The van der Waals surface area contributed by atoms with Crippen LogP contribution in [0.25, 0.3) is 11.3 Å². The summed E-state index contributed by atoms with van der Waals surface area (Å²) in [4.78, 5) is 12.3. The van der Waals surface area contributed by atoms with Gasteiger partial charge in [0.25, 0.3) is 0 Å². The van der Waals surface area contributed by atoms with E-state index in [2.05, 4.69) is 28.7 Å². The Morgan fingerprint density at radius 2 is 2.04 bits per heavy atom. The number of aryl methyl sites for hydroxylation is 1. The van der Waals surface area contributed by atoms with Crippen LogP contribution in [0.2, 0.25) is 0 Å². The van der Waals surface area contributed by atoms with Crippen LogP contribution in [0.1, 0.15) is 31.2 Å². The first-order valence-corrected chi connectivity index (χ1v) is 8.78. The third kappa shape index (κ3) is 3.52. The first-order chi connectivity index (χ1) is 12.7. The van der Waals surface area contributed by atoms with Crippen LogP contribution >= 0.6 is 0 Å². The molecule has 1 amide bonds. The topological polar surface area (TPSA) is 55.1 Å². The van der Waals surface area contributed by atoms with E-state index in [9.17, 15) is 9.18 Å². The molecular formula is C21H19FN2O2. The number of hydrogen-bond acceptors (Lipinski definition) is 3. The van der Waals surface area contributed by atoms with Gasteiger partial charge in [-0.1, -0.05) is 17.3 Å². The highest BCUT2D eigenvalue weighted by Gasteiger charge is 2.17. The number of carbonyl (C=O) groups excluding carboxylic acids is 1. The molecule has 1 aromatic carbocycles. The van der Waals surface area contributed by atoms with Crippen LogP contribution < -0.4 is 5.32 Å². The van der Waals surface area contributed by atoms with Crippen molar-refractivity contribution < 1.29 is 13.7 Å². The quantitative estimate of drug-likeness (QED) is 0.866. The zero-order valence-corrected chi connectivity index (χ0v) is 14.3. The number of aromatic nitrogens is 1. The van der Waals surface area contributed by atoms with Gasteiger partial charge in [0.15, 0.2) is 5.76 Å². The number of nitrogens with zero attached hydrogens (tertiary/aromatic N) is 1. The maximum absolute atomic E-state index is 13.1. The SMILES string of the molecule is O=C(CCc1cnoc1-c1ccc(F)cc1)NC1=CCC2=CCCC2=C1. The van der Waals surface area contributed by atoms with Crippen LogP contribution in [0.3, 0.4) is 0 Å². The molecule has 132 valence electrons. The van der Waals surface area contributed by atoms with Crippen molar-refractivity contribution >= 4 is 5.91 Å². The highest BCUT2D eigenvalue weighted by atomic mass is 19.1. The minimum absolute atomic E-state index is 0.0372. The molecule has 0 radical (unpaired) electrons. The molecule has 0 bridgehead atoms. The van der Waals surface area contributed by atoms with Crippen LogP contribution in [0.4, 0.5) is 4.39 Å². The monoisotopic (exact) mass is 350 g/mol. The van der Waals surface area contributed by atoms with Gasteiger partial charge in [-0.3, -0.25) is 4.79 Å². The number of allylic oxidation sites excluding steroid dienone is 5. The standard InChI is InChI=1S/C21H19FN2O2/c22-18-8-4-15(5-9-18)21-17(13-23-26-21)7-11-20(25)24-19-10-6-14-2-1-3-16(14)12-19/h2,4-5,8-10,12-13H,1,3,6-7,11H2,(H,24,25). The first-order valence-electron chi connectivity index (χ1n) is 8.78. The highest BCUT2D eigenvalue weighted by Crippen LogP contribution is 2.32. The average molecular weight is 350 g/mol. The van der Waals surface area contributed by atoms with E-state index in [-0.39, 0.29) is 11.7 Å². The van der Waals surface area contributed by atoms with Gasteiger partial charge in [0.2, 0.25) is 5.91 Å². The lowest BCUT2D eigenvalue weighted by molar-refractivity contribution is -0.120. The Labute approximate surface area is 151 Å². The smallest absolute Gasteiger partial charge is 0.224 e. The molecule has 0 spiro atoms. The fourth-order valence-electron chi connectivity index (χ4n) is 3.38. The first kappa shape index (κ1) is 16.5. The van der Waals surface area contributed by atoms with Crippen molar-refractivity contribution in [3.63, 3.8) is 0 Å². The number of hydrogen-bond donors (Lipinski definition) is 1. The van der Waals surface area contributed by atoms with Gasteiger partial charge in [-0.2, -0.15) is 0 Å². The molecule has 26 heavy (non-hydrogen) atoms. The predicted molar refractivity (Wildman–Crippen MR) is 96.5 cm³/mol. The van der Waals surface area contributed by atoms with Crippen LogP contribution in [0, 0.1) is 5.82 Å². The van der Waals surface area contributed by atoms with Gasteiger partial charge in [0, 0.05) is 23.2 Å². The van der Waals surface area contributed by atoms with E-state index >= 15 is 0 Å². The minimum atomic E-state index is -0.302. The zero-order chi connectivity index (χ0) is 17.9. The number of halogens is 1. The van der Waals surface area contributed by atoms with Crippen molar-refractivity contribution in [3.8, 4) is 11.3 Å². The Hall–Kier alpha value is -2.95. The summed E-state index contributed by atoms with van der Waals surface area (Å²) < 4.78 is 18.4. The molecule has 0 aliphatic heterocycles. The number of amides is 1. The van der Waals surface area contributed by atoms with Crippen molar-refractivity contribution in [3.05, 3.63) is 76.9 Å². The number of nitrogens with one attached hydrogen (secondary N) is 1. The summed E-state index contributed by atoms with van der Waals surface area (Å²) in [6.45, 7) is 0. The van der Waals surface area contributed by atoms with Gasteiger partial charge in [0.1, 0.15) is 5.82 Å². The minimum Gasteiger partial charge on any atom is -0.356 e. The summed E-state index contributed by atoms with van der Waals surface area (Å²) in [5.41, 5.74) is 5.19. The molecule has 1 heterocycles. The average Bonchev–Trinajstić information content (AvgIpc) is 3.29. The number of rotatable bonds is 5. The van der Waals surface area contributed by atoms with E-state index in [4.69, 9.17) is 4.52 Å². The molecular weight excluding hydrogens is 331 g/mol. The fourth-order valence-corrected chi connectivity index (χ4v) is 3.38. The summed E-state index contributed by atoms with van der Waals surface area (Å²) in [7, 11) is 0. The van der Waals surface area contributed by atoms with Gasteiger partial charge in [-0.15, -0.1) is 0 Å². The maximum Gasteiger partial charge on any atom is 0.224 e. The molecule has 0 unspecified atom stereocenters. The van der Waals surface area contributed by atoms with Crippen LogP contribution in [0.5, 0.6) is 0 Å². The summed E-state index contributed by atoms with van der Waals surface area (Å²) in [6.07, 6.45) is 11.9. The van der Waals surface area contributed by atoms with Gasteiger partial charge in [0.05, 0.1) is 6.20 Å². The lowest BCUT2D eigenvalue weighted by Gasteiger charge is -2.14. The van der Waals surface area contributed by atoms with Crippen molar-refractivity contribution in [2.24, 2.45) is 0 Å². The Morgan fingerprint density at radius 3 is 2.88 bits per heavy atom. The normalized spacial score (nSPS) is 15.8. The Bertz CT molecular complexity index is 920. The van der Waals surface area contributed by atoms with Gasteiger partial charge < -0.3 is 9.84 Å². The summed E-state index contributed by atoms with van der Waals surface area (Å²) >= 11 is 0. The Kier molecular flexibility index (Phi) is 4.52. The van der Waals surface area contributed by atoms with Crippen LogP contribution in [-0.4, -0.2) is 11.1 Å². The number of benzene rings is 1. The molecule has 1 N–H and O–H groups in total. The Morgan fingerprint density at radius 1 is 1.19 bits per heavy atom. The molecule has 2 aromatic rings. The highest BCUT2D eigenvalue weighted by molar-refractivity contribution is 5.79. The van der Waals surface area contributed by atoms with Crippen molar-refractivity contribution in [1.29, 1.82) is 0 Å². The molecule has 4 nitrogen and oxygen atoms in total. The third-order valence-corrected chi connectivity index (χ3v) is 4.74. The van der Waals surface area contributed by atoms with E-state index in [1.54, 1.807) is 18.3 Å².